The van der Waals surface area contributed by atoms with Gasteiger partial charge in [0.05, 0.1) is 6.04 Å². The van der Waals surface area contributed by atoms with Gasteiger partial charge in [0.2, 0.25) is 0 Å². The Bertz CT molecular complexity index is 269. The van der Waals surface area contributed by atoms with E-state index in [1.165, 1.54) is 0 Å². The van der Waals surface area contributed by atoms with Gasteiger partial charge in [0.25, 0.3) is 0 Å². The number of aromatic amines is 1. The third kappa shape index (κ3) is 2.77. The lowest BCUT2D eigenvalue weighted by atomic mass is 9.92. The van der Waals surface area contributed by atoms with E-state index in [-0.39, 0.29) is 6.04 Å². The Kier molecular flexibility index (Phi) is 3.71. The summed E-state index contributed by atoms with van der Waals surface area (Å²) in [5, 5.41) is 0. The van der Waals surface area contributed by atoms with E-state index in [2.05, 4.69) is 15.4 Å². The first kappa shape index (κ1) is 10.6. The number of hydrazine groups is 1. The van der Waals surface area contributed by atoms with Gasteiger partial charge in [-0.2, -0.15) is 0 Å². The number of nitrogens with zero attached hydrogens (tertiary/aromatic N) is 1. The van der Waals surface area contributed by atoms with Crippen LogP contribution in [0.2, 0.25) is 0 Å². The topological polar surface area (TPSA) is 76.0 Å². The molecule has 0 amide bonds. The van der Waals surface area contributed by atoms with Crippen molar-refractivity contribution in [1.82, 2.24) is 15.4 Å². The zero-order valence-corrected chi connectivity index (χ0v) is 8.78. The predicted octanol–water partition coefficient (Wildman–Crippen LogP) is 0.731. The minimum atomic E-state index is 0.128. The zero-order valence-electron chi connectivity index (χ0n) is 8.78. The van der Waals surface area contributed by atoms with Crippen molar-refractivity contribution < 1.29 is 4.74 Å². The molecular formula is C10H18N4O. The summed E-state index contributed by atoms with van der Waals surface area (Å²) in [6.45, 7) is 1.75. The molecule has 5 heteroatoms. The summed E-state index contributed by atoms with van der Waals surface area (Å²) in [7, 11) is 0. The number of nitrogens with one attached hydrogen (secondary N) is 2. The van der Waals surface area contributed by atoms with Gasteiger partial charge in [-0.15, -0.1) is 0 Å². The van der Waals surface area contributed by atoms with Gasteiger partial charge >= 0.3 is 0 Å². The second-order valence-electron chi connectivity index (χ2n) is 3.99. The van der Waals surface area contributed by atoms with Gasteiger partial charge in [-0.05, 0) is 25.2 Å². The summed E-state index contributed by atoms with van der Waals surface area (Å²) in [4.78, 5) is 7.32. The summed E-state index contributed by atoms with van der Waals surface area (Å²) >= 11 is 0. The maximum atomic E-state index is 5.54. The number of nitrogens with two attached hydrogens (primary N) is 1. The van der Waals surface area contributed by atoms with Crippen molar-refractivity contribution in [3.63, 3.8) is 0 Å². The molecule has 1 atom stereocenters. The van der Waals surface area contributed by atoms with Gasteiger partial charge in [-0.1, -0.05) is 0 Å². The van der Waals surface area contributed by atoms with Crippen LogP contribution in [0.15, 0.2) is 12.4 Å². The number of imidazole rings is 1. The molecule has 5 nitrogen and oxygen atoms in total. The van der Waals surface area contributed by atoms with E-state index in [9.17, 15) is 0 Å². The van der Waals surface area contributed by atoms with Crippen LogP contribution in [0.5, 0.6) is 0 Å². The van der Waals surface area contributed by atoms with Crippen LogP contribution in [0.3, 0.4) is 0 Å². The molecule has 0 bridgehead atoms. The molecule has 4 N–H and O–H groups in total. The van der Waals surface area contributed by atoms with Crippen LogP contribution in [0.25, 0.3) is 0 Å². The molecular weight excluding hydrogens is 192 g/mol. The summed E-state index contributed by atoms with van der Waals surface area (Å²) in [6, 6.07) is 0.128. The van der Waals surface area contributed by atoms with Gasteiger partial charge in [0.15, 0.2) is 0 Å². The molecule has 0 saturated carbocycles. The lowest BCUT2D eigenvalue weighted by Gasteiger charge is -2.25. The maximum Gasteiger partial charge on any atom is 0.124 e. The number of rotatable bonds is 4. The van der Waals surface area contributed by atoms with Crippen LogP contribution in [-0.4, -0.2) is 23.2 Å². The minimum absolute atomic E-state index is 0.128. The van der Waals surface area contributed by atoms with E-state index >= 15 is 0 Å². The maximum absolute atomic E-state index is 5.54. The van der Waals surface area contributed by atoms with Crippen LogP contribution in [-0.2, 0) is 4.74 Å². The quantitative estimate of drug-likeness (QED) is 0.506. The summed E-state index contributed by atoms with van der Waals surface area (Å²) in [5.41, 5.74) is 2.82. The third-order valence-electron chi connectivity index (χ3n) is 2.96. The van der Waals surface area contributed by atoms with Gasteiger partial charge in [-0.25, -0.2) is 10.4 Å². The molecule has 1 aromatic rings. The van der Waals surface area contributed by atoms with Crippen LogP contribution in [0.1, 0.15) is 31.1 Å². The van der Waals surface area contributed by atoms with Gasteiger partial charge in [0, 0.05) is 25.6 Å². The van der Waals surface area contributed by atoms with E-state index in [1.807, 2.05) is 6.20 Å². The Morgan fingerprint density at radius 2 is 2.40 bits per heavy atom. The molecule has 0 aliphatic carbocycles. The van der Waals surface area contributed by atoms with Crippen molar-refractivity contribution in [2.75, 3.05) is 13.2 Å². The molecule has 0 spiro atoms. The van der Waals surface area contributed by atoms with Crippen molar-refractivity contribution in [2.24, 2.45) is 11.8 Å². The molecule has 0 aromatic carbocycles. The minimum Gasteiger partial charge on any atom is -0.381 e. The highest BCUT2D eigenvalue weighted by Gasteiger charge is 2.20. The number of hydrogen-bond acceptors (Lipinski definition) is 4. The second kappa shape index (κ2) is 5.25. The molecule has 1 aromatic heterocycles. The first-order chi connectivity index (χ1) is 7.40. The Labute approximate surface area is 89.4 Å². The van der Waals surface area contributed by atoms with Crippen molar-refractivity contribution in [1.29, 1.82) is 0 Å². The van der Waals surface area contributed by atoms with Crippen LogP contribution < -0.4 is 11.3 Å². The standard InChI is InChI=1S/C10H18N4O/c11-14-9(10-12-3-4-13-10)7-8-1-5-15-6-2-8/h3-4,8-9,14H,1-2,5-7,11H2,(H,12,13). The van der Waals surface area contributed by atoms with Gasteiger partial charge in [-0.3, -0.25) is 5.84 Å². The SMILES string of the molecule is NNC(CC1CCOCC1)c1ncc[nH]1. The lowest BCUT2D eigenvalue weighted by Crippen LogP contribution is -2.31. The largest absolute Gasteiger partial charge is 0.381 e. The van der Waals surface area contributed by atoms with Crippen molar-refractivity contribution in [3.05, 3.63) is 18.2 Å². The number of ether oxygens (including phenoxy) is 1. The Morgan fingerprint density at radius 1 is 1.60 bits per heavy atom. The Hall–Kier alpha value is -0.910. The van der Waals surface area contributed by atoms with E-state index in [1.54, 1.807) is 6.20 Å². The van der Waals surface area contributed by atoms with Crippen LogP contribution >= 0.6 is 0 Å². The highest BCUT2D eigenvalue weighted by molar-refractivity contribution is 4.95. The lowest BCUT2D eigenvalue weighted by molar-refractivity contribution is 0.0602. The number of H-pyrrole nitrogens is 1. The summed E-state index contributed by atoms with van der Waals surface area (Å²) in [6.07, 6.45) is 6.85. The van der Waals surface area contributed by atoms with Crippen molar-refractivity contribution >= 4 is 0 Å². The first-order valence-corrected chi connectivity index (χ1v) is 5.43. The molecule has 15 heavy (non-hydrogen) atoms. The monoisotopic (exact) mass is 210 g/mol. The molecule has 2 rings (SSSR count). The fourth-order valence-corrected chi connectivity index (χ4v) is 2.04. The van der Waals surface area contributed by atoms with E-state index in [0.717, 1.165) is 38.3 Å². The smallest absolute Gasteiger partial charge is 0.124 e. The molecule has 1 saturated heterocycles. The zero-order chi connectivity index (χ0) is 10.5. The van der Waals surface area contributed by atoms with E-state index in [0.29, 0.717) is 5.92 Å². The fraction of sp³-hybridized carbons (Fsp3) is 0.700. The van der Waals surface area contributed by atoms with E-state index in [4.69, 9.17) is 10.6 Å². The molecule has 1 unspecified atom stereocenters. The Balaban J connectivity index is 1.90. The third-order valence-corrected chi connectivity index (χ3v) is 2.96. The molecule has 84 valence electrons. The summed E-state index contributed by atoms with van der Waals surface area (Å²) in [5.74, 6) is 7.15. The number of hydrogen-bond donors (Lipinski definition) is 3. The molecule has 1 fully saturated rings. The average molecular weight is 210 g/mol. The first-order valence-electron chi connectivity index (χ1n) is 5.43. The average Bonchev–Trinajstić information content (AvgIpc) is 2.81. The normalized spacial score (nSPS) is 20.3. The van der Waals surface area contributed by atoms with E-state index < -0.39 is 0 Å². The molecule has 1 aliphatic heterocycles. The van der Waals surface area contributed by atoms with Crippen LogP contribution in [0, 0.1) is 5.92 Å². The second-order valence-corrected chi connectivity index (χ2v) is 3.99. The fourth-order valence-electron chi connectivity index (χ4n) is 2.04. The van der Waals surface area contributed by atoms with Gasteiger partial charge < -0.3 is 9.72 Å². The molecule has 2 heterocycles. The highest BCUT2D eigenvalue weighted by Crippen LogP contribution is 2.25. The molecule has 0 radical (unpaired) electrons. The van der Waals surface area contributed by atoms with Gasteiger partial charge in [0.1, 0.15) is 5.82 Å². The Morgan fingerprint density at radius 3 is 3.00 bits per heavy atom. The predicted molar refractivity (Wildman–Crippen MR) is 56.8 cm³/mol. The van der Waals surface area contributed by atoms with Crippen molar-refractivity contribution in [3.8, 4) is 0 Å². The van der Waals surface area contributed by atoms with Crippen LogP contribution in [0.4, 0.5) is 0 Å². The van der Waals surface area contributed by atoms with Crippen molar-refractivity contribution in [2.45, 2.75) is 25.3 Å². The molecule has 1 aliphatic rings. The highest BCUT2D eigenvalue weighted by atomic mass is 16.5. The number of aromatic nitrogens is 2. The summed E-state index contributed by atoms with van der Waals surface area (Å²) < 4.78 is 5.33.